The van der Waals surface area contributed by atoms with Crippen molar-refractivity contribution in [1.29, 1.82) is 0 Å². The minimum Gasteiger partial charge on any atom is -0.434 e. The highest BCUT2D eigenvalue weighted by molar-refractivity contribution is 5.64. The molecule has 0 aromatic heterocycles. The third kappa shape index (κ3) is 4.26. The summed E-state index contributed by atoms with van der Waals surface area (Å²) in [5.41, 5.74) is 1.15. The van der Waals surface area contributed by atoms with Gasteiger partial charge in [0.2, 0.25) is 0 Å². The van der Waals surface area contributed by atoms with Gasteiger partial charge >= 0.3 is 6.16 Å². The number of ether oxygens (including phenoxy) is 2. The van der Waals surface area contributed by atoms with Gasteiger partial charge in [-0.25, -0.2) is 4.79 Å². The van der Waals surface area contributed by atoms with E-state index in [1.54, 1.807) is 0 Å². The van der Waals surface area contributed by atoms with Gasteiger partial charge in [0.1, 0.15) is 5.75 Å². The Morgan fingerprint density at radius 2 is 1.90 bits per heavy atom. The molecule has 3 heteroatoms. The molecule has 3 nitrogen and oxygen atoms in total. The van der Waals surface area contributed by atoms with Crippen LogP contribution < -0.4 is 4.74 Å². The summed E-state index contributed by atoms with van der Waals surface area (Å²) in [6.07, 6.45) is 5.61. The molecule has 1 aliphatic rings. The second kappa shape index (κ2) is 7.32. The molecule has 0 radical (unpaired) electrons. The highest BCUT2D eigenvalue weighted by atomic mass is 16.7. The fraction of sp³-hybridized carbons (Fsp3) is 0.588. The summed E-state index contributed by atoms with van der Waals surface area (Å²) < 4.78 is 10.5. The van der Waals surface area contributed by atoms with Crippen molar-refractivity contribution in [2.75, 3.05) is 6.61 Å². The van der Waals surface area contributed by atoms with Crippen LogP contribution in [0.15, 0.2) is 24.3 Å². The third-order valence-electron chi connectivity index (χ3n) is 3.69. The molecule has 0 amide bonds. The molecule has 0 spiro atoms. The molecule has 0 heterocycles. The van der Waals surface area contributed by atoms with E-state index in [1.807, 2.05) is 32.0 Å². The lowest BCUT2D eigenvalue weighted by Gasteiger charge is -2.23. The van der Waals surface area contributed by atoms with Crippen molar-refractivity contribution in [2.45, 2.75) is 51.9 Å². The summed E-state index contributed by atoms with van der Waals surface area (Å²) in [6, 6.07) is 7.84. The third-order valence-corrected chi connectivity index (χ3v) is 3.69. The van der Waals surface area contributed by atoms with Gasteiger partial charge in [-0.15, -0.1) is 0 Å². The molecule has 2 rings (SSSR count). The Bertz CT molecular complexity index is 434. The average Bonchev–Trinajstić information content (AvgIpc) is 2.47. The average molecular weight is 276 g/mol. The Kier molecular flexibility index (Phi) is 5.45. The second-order valence-corrected chi connectivity index (χ2v) is 5.93. The molecule has 0 saturated heterocycles. The molecule has 0 atom stereocenters. The van der Waals surface area contributed by atoms with Crippen LogP contribution in [0.1, 0.15) is 57.4 Å². The van der Waals surface area contributed by atoms with E-state index >= 15 is 0 Å². The summed E-state index contributed by atoms with van der Waals surface area (Å²) in [6.45, 7) is 4.40. The van der Waals surface area contributed by atoms with E-state index in [-0.39, 0.29) is 0 Å². The Balaban J connectivity index is 2.01. The zero-order chi connectivity index (χ0) is 14.4. The van der Waals surface area contributed by atoms with Gasteiger partial charge < -0.3 is 9.47 Å². The molecule has 0 aliphatic heterocycles. The predicted molar refractivity (Wildman–Crippen MR) is 79.1 cm³/mol. The van der Waals surface area contributed by atoms with Crippen molar-refractivity contribution in [3.63, 3.8) is 0 Å². The second-order valence-electron chi connectivity index (χ2n) is 5.93. The minimum atomic E-state index is -0.595. The van der Waals surface area contributed by atoms with E-state index in [1.165, 1.54) is 32.1 Å². The van der Waals surface area contributed by atoms with Crippen molar-refractivity contribution >= 4 is 6.16 Å². The fourth-order valence-electron chi connectivity index (χ4n) is 2.68. The standard InChI is InChI=1S/C17H24O3/c1-13(2)12-19-17(18)20-16-11-7-6-10-15(16)14-8-4-3-5-9-14/h6-7,10-11,13-14H,3-5,8-9,12H2,1-2H3. The zero-order valence-corrected chi connectivity index (χ0v) is 12.4. The molecule has 1 saturated carbocycles. The lowest BCUT2D eigenvalue weighted by atomic mass is 9.84. The first-order chi connectivity index (χ1) is 9.66. The van der Waals surface area contributed by atoms with Gasteiger partial charge in [0, 0.05) is 0 Å². The van der Waals surface area contributed by atoms with Crippen molar-refractivity contribution < 1.29 is 14.3 Å². The van der Waals surface area contributed by atoms with Gasteiger partial charge in [-0.3, -0.25) is 0 Å². The van der Waals surface area contributed by atoms with Crippen molar-refractivity contribution in [3.8, 4) is 5.75 Å². The Labute approximate surface area is 121 Å². The molecule has 1 fully saturated rings. The minimum absolute atomic E-state index is 0.316. The lowest BCUT2D eigenvalue weighted by Crippen LogP contribution is -2.16. The maximum atomic E-state index is 11.7. The van der Waals surface area contributed by atoms with Crippen LogP contribution in [0.4, 0.5) is 4.79 Å². The van der Waals surface area contributed by atoms with Crippen molar-refractivity contribution in [3.05, 3.63) is 29.8 Å². The van der Waals surface area contributed by atoms with Crippen LogP contribution in [0.5, 0.6) is 5.75 Å². The Morgan fingerprint density at radius 1 is 1.20 bits per heavy atom. The first kappa shape index (κ1) is 14.9. The quantitative estimate of drug-likeness (QED) is 0.579. The van der Waals surface area contributed by atoms with E-state index in [9.17, 15) is 4.79 Å². The van der Waals surface area contributed by atoms with Crippen LogP contribution in [0.2, 0.25) is 0 Å². The number of rotatable bonds is 4. The van der Waals surface area contributed by atoms with Crippen LogP contribution in [-0.2, 0) is 4.74 Å². The summed E-state index contributed by atoms with van der Waals surface area (Å²) in [5.74, 6) is 1.49. The van der Waals surface area contributed by atoms with Crippen LogP contribution in [0.3, 0.4) is 0 Å². The summed E-state index contributed by atoms with van der Waals surface area (Å²) in [5, 5.41) is 0. The molecule has 110 valence electrons. The van der Waals surface area contributed by atoms with Gasteiger partial charge in [0.05, 0.1) is 6.61 Å². The van der Waals surface area contributed by atoms with Crippen LogP contribution in [-0.4, -0.2) is 12.8 Å². The molecule has 20 heavy (non-hydrogen) atoms. The Morgan fingerprint density at radius 3 is 2.60 bits per heavy atom. The van der Waals surface area contributed by atoms with Gasteiger partial charge in [0.25, 0.3) is 0 Å². The number of carbonyl (C=O) groups is 1. The highest BCUT2D eigenvalue weighted by Crippen LogP contribution is 2.37. The van der Waals surface area contributed by atoms with Gasteiger partial charge in [-0.1, -0.05) is 51.3 Å². The monoisotopic (exact) mass is 276 g/mol. The number of para-hydroxylation sites is 1. The fourth-order valence-corrected chi connectivity index (χ4v) is 2.68. The molecule has 0 N–H and O–H groups in total. The van der Waals surface area contributed by atoms with E-state index in [0.29, 0.717) is 24.2 Å². The smallest absolute Gasteiger partial charge is 0.434 e. The van der Waals surface area contributed by atoms with Crippen molar-refractivity contribution in [2.24, 2.45) is 5.92 Å². The Hall–Kier alpha value is -1.51. The van der Waals surface area contributed by atoms with E-state index < -0.39 is 6.16 Å². The predicted octanol–water partition coefficient (Wildman–Crippen LogP) is 4.91. The maximum absolute atomic E-state index is 11.7. The SMILES string of the molecule is CC(C)COC(=O)Oc1ccccc1C1CCCCC1. The topological polar surface area (TPSA) is 35.5 Å². The van der Waals surface area contributed by atoms with E-state index in [0.717, 1.165) is 5.56 Å². The highest BCUT2D eigenvalue weighted by Gasteiger charge is 2.20. The summed E-state index contributed by atoms with van der Waals surface area (Å²) in [7, 11) is 0. The van der Waals surface area contributed by atoms with E-state index in [2.05, 4.69) is 6.07 Å². The summed E-state index contributed by atoms with van der Waals surface area (Å²) >= 11 is 0. The molecular weight excluding hydrogens is 252 g/mol. The molecule has 1 aromatic rings. The van der Waals surface area contributed by atoms with Gasteiger partial charge in [0.15, 0.2) is 0 Å². The number of hydrogen-bond donors (Lipinski definition) is 0. The van der Waals surface area contributed by atoms with Gasteiger partial charge in [-0.05, 0) is 36.3 Å². The van der Waals surface area contributed by atoms with Crippen LogP contribution >= 0.6 is 0 Å². The van der Waals surface area contributed by atoms with Gasteiger partial charge in [-0.2, -0.15) is 0 Å². The summed E-state index contributed by atoms with van der Waals surface area (Å²) in [4.78, 5) is 11.7. The number of hydrogen-bond acceptors (Lipinski definition) is 3. The van der Waals surface area contributed by atoms with Crippen molar-refractivity contribution in [1.82, 2.24) is 0 Å². The molecule has 0 unspecified atom stereocenters. The molecule has 0 bridgehead atoms. The normalized spacial score (nSPS) is 16.1. The lowest BCUT2D eigenvalue weighted by molar-refractivity contribution is 0.0880. The van der Waals surface area contributed by atoms with Crippen LogP contribution in [0.25, 0.3) is 0 Å². The molecule has 1 aliphatic carbocycles. The maximum Gasteiger partial charge on any atom is 0.513 e. The number of carbonyl (C=O) groups excluding carboxylic acids is 1. The first-order valence-corrected chi connectivity index (χ1v) is 7.60. The molecular formula is C17H24O3. The molecule has 1 aromatic carbocycles. The zero-order valence-electron chi connectivity index (χ0n) is 12.4. The number of benzene rings is 1. The van der Waals surface area contributed by atoms with Crippen LogP contribution in [0, 0.1) is 5.92 Å². The first-order valence-electron chi connectivity index (χ1n) is 7.60. The largest absolute Gasteiger partial charge is 0.513 e. The van der Waals surface area contributed by atoms with E-state index in [4.69, 9.17) is 9.47 Å².